The van der Waals surface area contributed by atoms with Gasteiger partial charge in [-0.15, -0.1) is 0 Å². The van der Waals surface area contributed by atoms with Crippen molar-refractivity contribution in [2.24, 2.45) is 4.99 Å². The van der Waals surface area contributed by atoms with Crippen LogP contribution in [-0.2, 0) is 4.79 Å². The van der Waals surface area contributed by atoms with Crippen LogP contribution in [0.2, 0.25) is 0 Å². The first-order chi connectivity index (χ1) is 6.99. The van der Waals surface area contributed by atoms with E-state index in [4.69, 9.17) is 0 Å². The number of hydrogen-bond acceptors (Lipinski definition) is 2. The first-order valence-electron chi connectivity index (χ1n) is 4.97. The molecule has 78 valence electrons. The summed E-state index contributed by atoms with van der Waals surface area (Å²) in [6.07, 6.45) is 0. The van der Waals surface area contributed by atoms with Crippen LogP contribution in [0, 0.1) is 6.92 Å². The lowest BCUT2D eigenvalue weighted by Crippen LogP contribution is -2.34. The lowest BCUT2D eigenvalue weighted by atomic mass is 10.1. The van der Waals surface area contributed by atoms with Gasteiger partial charge < -0.3 is 5.32 Å². The van der Waals surface area contributed by atoms with E-state index in [1.807, 2.05) is 45.0 Å². The number of amidine groups is 1. The Balaban J connectivity index is 2.35. The van der Waals surface area contributed by atoms with Crippen LogP contribution in [-0.4, -0.2) is 17.3 Å². The summed E-state index contributed by atoms with van der Waals surface area (Å²) in [6.45, 7) is 5.65. The fourth-order valence-corrected chi connectivity index (χ4v) is 1.47. The molecule has 1 aromatic rings. The molecule has 1 heterocycles. The van der Waals surface area contributed by atoms with Gasteiger partial charge in [-0.2, -0.15) is 0 Å². The minimum atomic E-state index is -0.639. The fraction of sp³-hybridized carbons (Fsp3) is 0.333. The molecule has 0 unspecified atom stereocenters. The van der Waals surface area contributed by atoms with E-state index in [1.54, 1.807) is 0 Å². The average Bonchev–Trinajstić information content (AvgIpc) is 2.42. The zero-order valence-electron chi connectivity index (χ0n) is 9.16. The monoisotopic (exact) mass is 202 g/mol. The third-order valence-corrected chi connectivity index (χ3v) is 2.50. The number of nitrogens with one attached hydrogen (secondary N) is 1. The molecule has 1 aliphatic heterocycles. The zero-order valence-corrected chi connectivity index (χ0v) is 9.16. The van der Waals surface area contributed by atoms with Crippen molar-refractivity contribution in [3.63, 3.8) is 0 Å². The van der Waals surface area contributed by atoms with Crippen molar-refractivity contribution in [3.05, 3.63) is 35.4 Å². The summed E-state index contributed by atoms with van der Waals surface area (Å²) in [6, 6.07) is 7.95. The minimum absolute atomic E-state index is 0.0434. The molecular formula is C12H14N2O. The van der Waals surface area contributed by atoms with E-state index in [9.17, 15) is 4.79 Å². The van der Waals surface area contributed by atoms with Crippen molar-refractivity contribution in [3.8, 4) is 0 Å². The maximum atomic E-state index is 11.5. The smallest absolute Gasteiger partial charge is 0.252 e. The highest BCUT2D eigenvalue weighted by Crippen LogP contribution is 2.17. The number of amides is 1. The predicted octanol–water partition coefficient (Wildman–Crippen LogP) is 1.65. The molecule has 0 saturated carbocycles. The van der Waals surface area contributed by atoms with Crippen molar-refractivity contribution in [2.45, 2.75) is 26.3 Å². The van der Waals surface area contributed by atoms with Crippen LogP contribution in [0.15, 0.2) is 29.3 Å². The van der Waals surface area contributed by atoms with E-state index in [0.717, 1.165) is 5.56 Å². The Labute approximate surface area is 89.2 Å². The van der Waals surface area contributed by atoms with Crippen LogP contribution in [0.1, 0.15) is 25.0 Å². The van der Waals surface area contributed by atoms with Crippen molar-refractivity contribution in [1.29, 1.82) is 0 Å². The molecule has 0 saturated heterocycles. The lowest BCUT2D eigenvalue weighted by Gasteiger charge is -2.07. The van der Waals surface area contributed by atoms with Gasteiger partial charge in [0.2, 0.25) is 0 Å². The third-order valence-electron chi connectivity index (χ3n) is 2.50. The topological polar surface area (TPSA) is 41.5 Å². The summed E-state index contributed by atoms with van der Waals surface area (Å²) in [7, 11) is 0. The van der Waals surface area contributed by atoms with Gasteiger partial charge in [0.05, 0.1) is 0 Å². The maximum absolute atomic E-state index is 11.5. The fourth-order valence-electron chi connectivity index (χ4n) is 1.47. The molecule has 0 atom stereocenters. The Morgan fingerprint density at radius 3 is 2.27 bits per heavy atom. The molecule has 0 aliphatic carbocycles. The second kappa shape index (κ2) is 3.19. The molecule has 0 spiro atoms. The van der Waals surface area contributed by atoms with E-state index < -0.39 is 5.54 Å². The Morgan fingerprint density at radius 2 is 1.80 bits per heavy atom. The van der Waals surface area contributed by atoms with Crippen LogP contribution in [0.5, 0.6) is 0 Å². The van der Waals surface area contributed by atoms with Crippen LogP contribution in [0.3, 0.4) is 0 Å². The Kier molecular flexibility index (Phi) is 2.11. The van der Waals surface area contributed by atoms with Gasteiger partial charge in [-0.3, -0.25) is 9.79 Å². The Hall–Kier alpha value is -1.64. The van der Waals surface area contributed by atoms with Gasteiger partial charge in [-0.25, -0.2) is 0 Å². The second-order valence-corrected chi connectivity index (χ2v) is 4.34. The molecule has 2 rings (SSSR count). The highest BCUT2D eigenvalue weighted by atomic mass is 16.2. The van der Waals surface area contributed by atoms with E-state index in [0.29, 0.717) is 5.84 Å². The van der Waals surface area contributed by atoms with E-state index in [2.05, 4.69) is 10.3 Å². The molecule has 1 aromatic carbocycles. The van der Waals surface area contributed by atoms with Crippen LogP contribution < -0.4 is 5.32 Å². The molecule has 0 bridgehead atoms. The molecule has 3 nitrogen and oxygen atoms in total. The molecule has 3 heteroatoms. The standard InChI is InChI=1S/C12H14N2O/c1-8-4-6-9(7-5-8)10-13-11(15)12(2,3)14-10/h4-7H,1-3H3,(H,13,14,15). The summed E-state index contributed by atoms with van der Waals surface area (Å²) in [5, 5.41) is 2.79. The highest BCUT2D eigenvalue weighted by Gasteiger charge is 2.34. The number of aryl methyl sites for hydroxylation is 1. The van der Waals surface area contributed by atoms with Gasteiger partial charge in [0.15, 0.2) is 0 Å². The summed E-state index contributed by atoms with van der Waals surface area (Å²) < 4.78 is 0. The summed E-state index contributed by atoms with van der Waals surface area (Å²) in [5.74, 6) is 0.628. The molecule has 15 heavy (non-hydrogen) atoms. The highest BCUT2D eigenvalue weighted by molar-refractivity contribution is 6.15. The largest absolute Gasteiger partial charge is 0.308 e. The van der Waals surface area contributed by atoms with Crippen molar-refractivity contribution in [2.75, 3.05) is 0 Å². The molecule has 0 radical (unpaired) electrons. The average molecular weight is 202 g/mol. The number of hydrogen-bond donors (Lipinski definition) is 1. The van der Waals surface area contributed by atoms with E-state index in [1.165, 1.54) is 5.56 Å². The van der Waals surface area contributed by atoms with Crippen LogP contribution >= 0.6 is 0 Å². The first kappa shape index (κ1) is 9.90. The molecule has 1 N–H and O–H groups in total. The lowest BCUT2D eigenvalue weighted by molar-refractivity contribution is -0.122. The predicted molar refractivity (Wildman–Crippen MR) is 59.9 cm³/mol. The normalized spacial score (nSPS) is 18.6. The minimum Gasteiger partial charge on any atom is -0.308 e. The summed E-state index contributed by atoms with van der Waals surface area (Å²) in [4.78, 5) is 15.9. The third kappa shape index (κ3) is 1.77. The number of benzene rings is 1. The number of aliphatic imine (C=N–C) groups is 1. The van der Waals surface area contributed by atoms with Gasteiger partial charge in [-0.05, 0) is 20.8 Å². The van der Waals surface area contributed by atoms with E-state index >= 15 is 0 Å². The number of carbonyl (C=O) groups is 1. The summed E-state index contributed by atoms with van der Waals surface area (Å²) in [5.41, 5.74) is 1.52. The quantitative estimate of drug-likeness (QED) is 0.739. The first-order valence-corrected chi connectivity index (χ1v) is 4.97. The van der Waals surface area contributed by atoms with Gasteiger partial charge in [-0.1, -0.05) is 29.8 Å². The number of nitrogens with zero attached hydrogens (tertiary/aromatic N) is 1. The van der Waals surface area contributed by atoms with Crippen LogP contribution in [0.25, 0.3) is 0 Å². The molecule has 1 amide bonds. The Morgan fingerprint density at radius 1 is 1.20 bits per heavy atom. The molecular weight excluding hydrogens is 188 g/mol. The maximum Gasteiger partial charge on any atom is 0.252 e. The molecule has 1 aliphatic rings. The SMILES string of the molecule is Cc1ccc(C2=NC(C)(C)C(=O)N2)cc1. The van der Waals surface area contributed by atoms with Crippen LogP contribution in [0.4, 0.5) is 0 Å². The molecule has 0 aromatic heterocycles. The van der Waals surface area contributed by atoms with Crippen molar-refractivity contribution >= 4 is 11.7 Å². The van der Waals surface area contributed by atoms with E-state index in [-0.39, 0.29) is 5.91 Å². The Bertz CT molecular complexity index is 429. The van der Waals surface area contributed by atoms with Gasteiger partial charge in [0.25, 0.3) is 5.91 Å². The van der Waals surface area contributed by atoms with Crippen molar-refractivity contribution in [1.82, 2.24) is 5.32 Å². The second-order valence-electron chi connectivity index (χ2n) is 4.34. The summed E-state index contributed by atoms with van der Waals surface area (Å²) >= 11 is 0. The van der Waals surface area contributed by atoms with Gasteiger partial charge in [0.1, 0.15) is 11.4 Å². The number of rotatable bonds is 1. The van der Waals surface area contributed by atoms with Crippen molar-refractivity contribution < 1.29 is 4.79 Å². The van der Waals surface area contributed by atoms with Gasteiger partial charge in [0, 0.05) is 5.56 Å². The van der Waals surface area contributed by atoms with Gasteiger partial charge >= 0.3 is 0 Å². The number of carbonyl (C=O) groups excluding carboxylic acids is 1. The zero-order chi connectivity index (χ0) is 11.1. The molecule has 0 fully saturated rings.